The van der Waals surface area contributed by atoms with E-state index in [-0.39, 0.29) is 0 Å². The van der Waals surface area contributed by atoms with Crippen molar-refractivity contribution in [3.63, 3.8) is 0 Å². The van der Waals surface area contributed by atoms with Crippen molar-refractivity contribution in [3.8, 4) is 11.5 Å². The number of methoxy groups -OCH3 is 1. The van der Waals surface area contributed by atoms with Crippen molar-refractivity contribution < 1.29 is 9.47 Å². The molecule has 0 radical (unpaired) electrons. The van der Waals surface area contributed by atoms with Crippen LogP contribution in [0.5, 0.6) is 11.5 Å². The second-order valence-corrected chi connectivity index (χ2v) is 6.53. The van der Waals surface area contributed by atoms with Crippen LogP contribution >= 0.6 is 23.2 Å². The first-order valence-electron chi connectivity index (χ1n) is 8.00. The highest BCUT2D eigenvalue weighted by atomic mass is 35.5. The zero-order valence-electron chi connectivity index (χ0n) is 14.2. The Labute approximate surface area is 153 Å². The van der Waals surface area contributed by atoms with E-state index in [0.717, 1.165) is 29.8 Å². The zero-order valence-corrected chi connectivity index (χ0v) is 15.7. The molecule has 24 heavy (non-hydrogen) atoms. The summed E-state index contributed by atoms with van der Waals surface area (Å²) in [7, 11) is 1.65. The molecule has 0 saturated carbocycles. The molecule has 5 heteroatoms. The van der Waals surface area contributed by atoms with Gasteiger partial charge in [-0.15, -0.1) is 0 Å². The lowest BCUT2D eigenvalue weighted by molar-refractivity contribution is 0.284. The van der Waals surface area contributed by atoms with E-state index >= 15 is 0 Å². The second kappa shape index (κ2) is 9.16. The van der Waals surface area contributed by atoms with Gasteiger partial charge in [-0.1, -0.05) is 42.3 Å². The van der Waals surface area contributed by atoms with E-state index in [1.807, 2.05) is 24.3 Å². The van der Waals surface area contributed by atoms with Crippen LogP contribution in [0.25, 0.3) is 0 Å². The van der Waals surface area contributed by atoms with E-state index in [9.17, 15) is 0 Å². The molecule has 3 nitrogen and oxygen atoms in total. The van der Waals surface area contributed by atoms with Crippen LogP contribution in [0.4, 0.5) is 0 Å². The Hall–Kier alpha value is -1.42. The molecule has 130 valence electrons. The molecular formula is C19H23Cl2NO2. The molecule has 0 aliphatic carbocycles. The summed E-state index contributed by atoms with van der Waals surface area (Å²) in [6, 6.07) is 11.9. The van der Waals surface area contributed by atoms with Crippen LogP contribution < -0.4 is 14.8 Å². The summed E-state index contributed by atoms with van der Waals surface area (Å²) in [5.74, 6) is 1.43. The maximum Gasteiger partial charge on any atom is 0.161 e. The van der Waals surface area contributed by atoms with E-state index in [1.54, 1.807) is 19.2 Å². The Morgan fingerprint density at radius 1 is 1.00 bits per heavy atom. The van der Waals surface area contributed by atoms with Crippen LogP contribution in [-0.4, -0.2) is 13.2 Å². The van der Waals surface area contributed by atoms with Gasteiger partial charge in [0, 0.05) is 12.6 Å². The predicted octanol–water partition coefficient (Wildman–Crippen LogP) is 5.47. The number of hydrogen-bond acceptors (Lipinski definition) is 3. The number of ether oxygens (including phenoxy) is 2. The minimum absolute atomic E-state index is 0.401. The van der Waals surface area contributed by atoms with Gasteiger partial charge in [0.15, 0.2) is 11.5 Å². The minimum atomic E-state index is 0.401. The third-order valence-corrected chi connectivity index (χ3v) is 4.61. The lowest BCUT2D eigenvalue weighted by Gasteiger charge is -2.14. The van der Waals surface area contributed by atoms with E-state index in [2.05, 4.69) is 19.2 Å². The van der Waals surface area contributed by atoms with Gasteiger partial charge in [0.2, 0.25) is 0 Å². The van der Waals surface area contributed by atoms with Crippen molar-refractivity contribution >= 4 is 23.2 Å². The smallest absolute Gasteiger partial charge is 0.161 e. The lowest BCUT2D eigenvalue weighted by Crippen LogP contribution is -2.24. The van der Waals surface area contributed by atoms with Gasteiger partial charge in [-0.05, 0) is 48.7 Å². The van der Waals surface area contributed by atoms with Gasteiger partial charge in [0.1, 0.15) is 6.61 Å². The fraction of sp³-hybridized carbons (Fsp3) is 0.368. The third kappa shape index (κ3) is 5.30. The Balaban J connectivity index is 2.02. The molecule has 2 aromatic carbocycles. The molecule has 0 aliphatic rings. The first-order chi connectivity index (χ1) is 11.5. The lowest BCUT2D eigenvalue weighted by atomic mass is 10.1. The van der Waals surface area contributed by atoms with E-state index in [1.165, 1.54) is 0 Å². The maximum atomic E-state index is 6.03. The van der Waals surface area contributed by atoms with Crippen molar-refractivity contribution in [2.45, 2.75) is 39.5 Å². The molecule has 0 aromatic heterocycles. The van der Waals surface area contributed by atoms with Gasteiger partial charge in [0.25, 0.3) is 0 Å². The highest BCUT2D eigenvalue weighted by Crippen LogP contribution is 2.29. The average molecular weight is 368 g/mol. The van der Waals surface area contributed by atoms with Crippen molar-refractivity contribution in [1.29, 1.82) is 0 Å². The normalized spacial score (nSPS) is 12.0. The fourth-order valence-electron chi connectivity index (χ4n) is 2.17. The Morgan fingerprint density at radius 3 is 2.42 bits per heavy atom. The van der Waals surface area contributed by atoms with Crippen molar-refractivity contribution in [2.75, 3.05) is 7.11 Å². The fourth-order valence-corrected chi connectivity index (χ4v) is 2.49. The minimum Gasteiger partial charge on any atom is -0.493 e. The molecule has 2 aromatic rings. The summed E-state index contributed by atoms with van der Waals surface area (Å²) in [6.45, 7) is 5.54. The van der Waals surface area contributed by atoms with Crippen LogP contribution in [0, 0.1) is 0 Å². The van der Waals surface area contributed by atoms with Crippen LogP contribution in [0.2, 0.25) is 10.0 Å². The highest BCUT2D eigenvalue weighted by molar-refractivity contribution is 6.42. The van der Waals surface area contributed by atoms with Crippen LogP contribution in [-0.2, 0) is 13.2 Å². The summed E-state index contributed by atoms with van der Waals surface area (Å²) in [4.78, 5) is 0. The molecule has 0 unspecified atom stereocenters. The predicted molar refractivity (Wildman–Crippen MR) is 100 cm³/mol. The maximum absolute atomic E-state index is 6.03. The first kappa shape index (κ1) is 18.9. The van der Waals surface area contributed by atoms with Gasteiger partial charge >= 0.3 is 0 Å². The summed E-state index contributed by atoms with van der Waals surface area (Å²) >= 11 is 12.0. The third-order valence-electron chi connectivity index (χ3n) is 3.87. The molecule has 0 fully saturated rings. The van der Waals surface area contributed by atoms with Crippen molar-refractivity contribution in [1.82, 2.24) is 5.32 Å². The number of rotatable bonds is 8. The average Bonchev–Trinajstić information content (AvgIpc) is 2.60. The summed E-state index contributed by atoms with van der Waals surface area (Å²) in [5, 5.41) is 4.53. The Morgan fingerprint density at radius 2 is 1.75 bits per heavy atom. The quantitative estimate of drug-likeness (QED) is 0.670. The Bertz CT molecular complexity index is 676. The van der Waals surface area contributed by atoms with Crippen LogP contribution in [0.15, 0.2) is 36.4 Å². The standard InChI is InChI=1S/C19H23Cl2NO2/c1-4-13(2)22-11-14-6-8-18(19(10-14)23-3)24-12-15-5-7-16(20)17(21)9-15/h5-10,13,22H,4,11-12H2,1-3H3/t13-/m1/s1. The van der Waals surface area contributed by atoms with Crippen LogP contribution in [0.3, 0.4) is 0 Å². The number of hydrogen-bond donors (Lipinski definition) is 1. The molecule has 0 heterocycles. The molecule has 1 N–H and O–H groups in total. The highest BCUT2D eigenvalue weighted by Gasteiger charge is 2.08. The van der Waals surface area contributed by atoms with Crippen LogP contribution in [0.1, 0.15) is 31.4 Å². The SMILES string of the molecule is CC[C@@H](C)NCc1ccc(OCc2ccc(Cl)c(Cl)c2)c(OC)c1. The van der Waals surface area contributed by atoms with Crippen molar-refractivity contribution in [3.05, 3.63) is 57.6 Å². The summed E-state index contributed by atoms with van der Waals surface area (Å²) in [5.41, 5.74) is 2.11. The molecule has 0 amide bonds. The molecule has 1 atom stereocenters. The largest absolute Gasteiger partial charge is 0.493 e. The molecular weight excluding hydrogens is 345 g/mol. The molecule has 0 spiro atoms. The molecule has 0 saturated heterocycles. The van der Waals surface area contributed by atoms with Gasteiger partial charge in [-0.25, -0.2) is 0 Å². The number of halogens is 2. The summed E-state index contributed by atoms with van der Waals surface area (Å²) in [6.07, 6.45) is 1.10. The molecule has 0 aliphatic heterocycles. The molecule has 2 rings (SSSR count). The first-order valence-corrected chi connectivity index (χ1v) is 8.76. The van der Waals surface area contributed by atoms with E-state index in [0.29, 0.717) is 28.4 Å². The zero-order chi connectivity index (χ0) is 17.5. The van der Waals surface area contributed by atoms with Gasteiger partial charge in [-0.2, -0.15) is 0 Å². The number of nitrogens with one attached hydrogen (secondary N) is 1. The second-order valence-electron chi connectivity index (χ2n) is 5.71. The van der Waals surface area contributed by atoms with E-state index in [4.69, 9.17) is 32.7 Å². The topological polar surface area (TPSA) is 30.5 Å². The van der Waals surface area contributed by atoms with Gasteiger partial charge < -0.3 is 14.8 Å². The molecule has 0 bridgehead atoms. The van der Waals surface area contributed by atoms with Gasteiger partial charge in [0.05, 0.1) is 17.2 Å². The van der Waals surface area contributed by atoms with E-state index < -0.39 is 0 Å². The Kier molecular flexibility index (Phi) is 7.22. The van der Waals surface area contributed by atoms with Crippen molar-refractivity contribution in [2.24, 2.45) is 0 Å². The number of benzene rings is 2. The summed E-state index contributed by atoms with van der Waals surface area (Å²) < 4.78 is 11.3. The van der Waals surface area contributed by atoms with Gasteiger partial charge in [-0.3, -0.25) is 0 Å². The monoisotopic (exact) mass is 367 g/mol.